The van der Waals surface area contributed by atoms with E-state index in [0.717, 1.165) is 27.2 Å². The van der Waals surface area contributed by atoms with Gasteiger partial charge in [0.25, 0.3) is 0 Å². The first kappa shape index (κ1) is 22.0. The lowest BCUT2D eigenvalue weighted by Crippen LogP contribution is -2.58. The summed E-state index contributed by atoms with van der Waals surface area (Å²) in [5.41, 5.74) is 4.10. The topological polar surface area (TPSA) is 142 Å². The van der Waals surface area contributed by atoms with Crippen LogP contribution in [-0.4, -0.2) is 65.5 Å². The van der Waals surface area contributed by atoms with Gasteiger partial charge >= 0.3 is 12.1 Å². The molecule has 10 nitrogen and oxygen atoms in total. The molecule has 0 saturated carbocycles. The molecule has 1 fully saturated rings. The van der Waals surface area contributed by atoms with Gasteiger partial charge in [-0.05, 0) is 22.3 Å². The molecular formula is C23H21N3O7. The molecule has 1 saturated heterocycles. The summed E-state index contributed by atoms with van der Waals surface area (Å²) in [6, 6.07) is 14.1. The van der Waals surface area contributed by atoms with E-state index < -0.39 is 55.3 Å². The van der Waals surface area contributed by atoms with E-state index in [-0.39, 0.29) is 12.5 Å². The SMILES string of the molecule is O=C(O)CC(NC(=O)OCC1c2ccccc2-c2ccccc21)C(=O)N1CC(=O)NC(=O)C1. The van der Waals surface area contributed by atoms with Crippen LogP contribution in [0.15, 0.2) is 48.5 Å². The van der Waals surface area contributed by atoms with Crippen molar-refractivity contribution in [3.05, 3.63) is 59.7 Å². The molecule has 4 amide bonds. The van der Waals surface area contributed by atoms with Crippen LogP contribution in [0.2, 0.25) is 0 Å². The van der Waals surface area contributed by atoms with Crippen molar-refractivity contribution in [2.24, 2.45) is 0 Å². The van der Waals surface area contributed by atoms with Gasteiger partial charge in [-0.1, -0.05) is 48.5 Å². The highest BCUT2D eigenvalue weighted by Crippen LogP contribution is 2.44. The number of nitrogens with zero attached hydrogens (tertiary/aromatic N) is 1. The Morgan fingerprint density at radius 3 is 2.09 bits per heavy atom. The minimum atomic E-state index is -1.49. The number of carbonyl (C=O) groups is 5. The first-order valence-electron chi connectivity index (χ1n) is 10.3. The van der Waals surface area contributed by atoms with Gasteiger partial charge in [-0.3, -0.25) is 24.5 Å². The largest absolute Gasteiger partial charge is 0.481 e. The maximum Gasteiger partial charge on any atom is 0.407 e. The Morgan fingerprint density at radius 1 is 1.00 bits per heavy atom. The highest BCUT2D eigenvalue weighted by atomic mass is 16.5. The molecule has 0 radical (unpaired) electrons. The number of carbonyl (C=O) groups excluding carboxylic acids is 4. The van der Waals surface area contributed by atoms with Crippen LogP contribution < -0.4 is 10.6 Å². The Kier molecular flexibility index (Phi) is 6.07. The van der Waals surface area contributed by atoms with Gasteiger partial charge in [0.15, 0.2) is 0 Å². The number of amides is 4. The highest BCUT2D eigenvalue weighted by Gasteiger charge is 2.34. The monoisotopic (exact) mass is 451 g/mol. The fourth-order valence-corrected chi connectivity index (χ4v) is 4.17. The third kappa shape index (κ3) is 4.69. The number of hydrogen-bond donors (Lipinski definition) is 3. The molecule has 2 aliphatic rings. The molecule has 1 atom stereocenters. The van der Waals surface area contributed by atoms with Crippen molar-refractivity contribution in [3.63, 3.8) is 0 Å². The smallest absolute Gasteiger partial charge is 0.407 e. The van der Waals surface area contributed by atoms with Crippen molar-refractivity contribution in [2.45, 2.75) is 18.4 Å². The summed E-state index contributed by atoms with van der Waals surface area (Å²) in [7, 11) is 0. The number of carboxylic acids is 1. The molecular weight excluding hydrogens is 430 g/mol. The van der Waals surface area contributed by atoms with Crippen LogP contribution in [0.4, 0.5) is 4.79 Å². The summed E-state index contributed by atoms with van der Waals surface area (Å²) in [6.07, 6.45) is -1.70. The third-order valence-electron chi connectivity index (χ3n) is 5.57. The quantitative estimate of drug-likeness (QED) is 0.553. The number of hydrogen-bond acceptors (Lipinski definition) is 6. The van der Waals surface area contributed by atoms with Gasteiger partial charge in [-0.2, -0.15) is 0 Å². The number of aliphatic carboxylic acids is 1. The number of fused-ring (bicyclic) bond motifs is 3. The Balaban J connectivity index is 1.44. The zero-order valence-electron chi connectivity index (χ0n) is 17.4. The van der Waals surface area contributed by atoms with Gasteiger partial charge in [0.1, 0.15) is 25.7 Å². The molecule has 4 rings (SSSR count). The van der Waals surface area contributed by atoms with Crippen LogP contribution >= 0.6 is 0 Å². The Labute approximate surface area is 188 Å². The van der Waals surface area contributed by atoms with Gasteiger partial charge < -0.3 is 20.1 Å². The Morgan fingerprint density at radius 2 is 1.55 bits per heavy atom. The van der Waals surface area contributed by atoms with E-state index in [2.05, 4.69) is 10.6 Å². The second-order valence-electron chi connectivity index (χ2n) is 7.79. The first-order valence-corrected chi connectivity index (χ1v) is 10.3. The van der Waals surface area contributed by atoms with E-state index in [1.807, 2.05) is 48.5 Å². The minimum absolute atomic E-state index is 0.0154. The molecule has 33 heavy (non-hydrogen) atoms. The van der Waals surface area contributed by atoms with Crippen molar-refractivity contribution < 1.29 is 33.8 Å². The maximum absolute atomic E-state index is 12.7. The molecule has 1 unspecified atom stereocenters. The van der Waals surface area contributed by atoms with Crippen LogP contribution in [-0.2, 0) is 23.9 Å². The van der Waals surface area contributed by atoms with Gasteiger partial charge in [-0.25, -0.2) is 4.79 Å². The predicted octanol–water partition coefficient (Wildman–Crippen LogP) is 0.853. The number of imide groups is 1. The number of alkyl carbamates (subject to hydrolysis) is 1. The fraction of sp³-hybridized carbons (Fsp3) is 0.261. The first-order chi connectivity index (χ1) is 15.8. The third-order valence-corrected chi connectivity index (χ3v) is 5.57. The van der Waals surface area contributed by atoms with Crippen LogP contribution in [0.3, 0.4) is 0 Å². The van der Waals surface area contributed by atoms with Crippen molar-refractivity contribution in [1.82, 2.24) is 15.5 Å². The number of nitrogens with one attached hydrogen (secondary N) is 2. The van der Waals surface area contributed by atoms with Crippen LogP contribution in [0, 0.1) is 0 Å². The zero-order valence-corrected chi connectivity index (χ0v) is 17.4. The van der Waals surface area contributed by atoms with E-state index in [1.54, 1.807) is 0 Å². The van der Waals surface area contributed by atoms with Crippen LogP contribution in [0.5, 0.6) is 0 Å². The van der Waals surface area contributed by atoms with Crippen LogP contribution in [0.1, 0.15) is 23.5 Å². The summed E-state index contributed by atoms with van der Waals surface area (Å²) >= 11 is 0. The number of benzene rings is 2. The summed E-state index contributed by atoms with van der Waals surface area (Å²) in [5, 5.41) is 13.5. The average molecular weight is 451 g/mol. The van der Waals surface area contributed by atoms with Gasteiger partial charge in [0, 0.05) is 5.92 Å². The van der Waals surface area contributed by atoms with E-state index >= 15 is 0 Å². The molecule has 1 aliphatic heterocycles. The van der Waals surface area contributed by atoms with Crippen LogP contribution in [0.25, 0.3) is 11.1 Å². The fourth-order valence-electron chi connectivity index (χ4n) is 4.17. The number of piperazine rings is 1. The highest BCUT2D eigenvalue weighted by molar-refractivity contribution is 6.03. The van der Waals surface area contributed by atoms with Crippen molar-refractivity contribution in [3.8, 4) is 11.1 Å². The standard InChI is InChI=1S/C23H21N3O7/c27-19-10-26(11-20(28)25-19)22(31)18(9-21(29)30)24-23(32)33-12-17-15-7-3-1-5-13(15)14-6-2-4-8-16(14)17/h1-8,17-18H,9-12H2,(H,24,32)(H,29,30)(H,25,27,28). The summed E-state index contributed by atoms with van der Waals surface area (Å²) < 4.78 is 5.37. The predicted molar refractivity (Wildman–Crippen MR) is 114 cm³/mol. The van der Waals surface area contributed by atoms with E-state index in [4.69, 9.17) is 9.84 Å². The van der Waals surface area contributed by atoms with Gasteiger partial charge in [0.2, 0.25) is 17.7 Å². The van der Waals surface area contributed by atoms with E-state index in [9.17, 15) is 24.0 Å². The second-order valence-corrected chi connectivity index (χ2v) is 7.79. The van der Waals surface area contributed by atoms with E-state index in [1.165, 1.54) is 0 Å². The lowest BCUT2D eigenvalue weighted by molar-refractivity contribution is -0.148. The summed E-state index contributed by atoms with van der Waals surface area (Å²) in [6.45, 7) is -0.835. The molecule has 0 aromatic heterocycles. The number of ether oxygens (including phenoxy) is 1. The minimum Gasteiger partial charge on any atom is -0.481 e. The average Bonchev–Trinajstić information content (AvgIpc) is 3.09. The molecule has 0 spiro atoms. The van der Waals surface area contributed by atoms with Gasteiger partial charge in [0.05, 0.1) is 6.42 Å². The molecule has 1 aliphatic carbocycles. The molecule has 2 aromatic rings. The summed E-state index contributed by atoms with van der Waals surface area (Å²) in [4.78, 5) is 60.4. The zero-order chi connectivity index (χ0) is 23.5. The Bertz CT molecular complexity index is 1080. The molecule has 170 valence electrons. The molecule has 2 aromatic carbocycles. The molecule has 0 bridgehead atoms. The summed E-state index contributed by atoms with van der Waals surface area (Å²) in [5.74, 6) is -3.76. The van der Waals surface area contributed by atoms with Crippen molar-refractivity contribution in [1.29, 1.82) is 0 Å². The molecule has 3 N–H and O–H groups in total. The number of carboxylic acid groups (broad SMARTS) is 1. The second kappa shape index (κ2) is 9.11. The van der Waals surface area contributed by atoms with E-state index in [0.29, 0.717) is 0 Å². The normalized spacial score (nSPS) is 15.8. The Hall–Kier alpha value is -4.21. The van der Waals surface area contributed by atoms with Gasteiger partial charge in [-0.15, -0.1) is 0 Å². The number of rotatable bonds is 6. The molecule has 1 heterocycles. The van der Waals surface area contributed by atoms with Crippen molar-refractivity contribution in [2.75, 3.05) is 19.7 Å². The lowest BCUT2D eigenvalue weighted by atomic mass is 9.98. The van der Waals surface area contributed by atoms with Crippen molar-refractivity contribution >= 4 is 29.8 Å². The lowest BCUT2D eigenvalue weighted by Gasteiger charge is -2.29. The maximum atomic E-state index is 12.7. The molecule has 10 heteroatoms.